The van der Waals surface area contributed by atoms with Crippen LogP contribution in [-0.4, -0.2) is 44.1 Å². The number of benzene rings is 1. The molecule has 1 unspecified atom stereocenters. The quantitative estimate of drug-likeness (QED) is 0.767. The van der Waals surface area contributed by atoms with Gasteiger partial charge < -0.3 is 4.90 Å². The summed E-state index contributed by atoms with van der Waals surface area (Å²) in [5, 5.41) is 1.57. The summed E-state index contributed by atoms with van der Waals surface area (Å²) in [4.78, 5) is 2.64. The van der Waals surface area contributed by atoms with Crippen molar-refractivity contribution >= 4 is 25.0 Å². The van der Waals surface area contributed by atoms with Crippen molar-refractivity contribution in [1.82, 2.24) is 4.90 Å². The lowest BCUT2D eigenvalue weighted by Crippen LogP contribution is -2.37. The fourth-order valence-electron chi connectivity index (χ4n) is 2.83. The third-order valence-electron chi connectivity index (χ3n) is 4.08. The zero-order valence-corrected chi connectivity index (χ0v) is 15.3. The summed E-state index contributed by atoms with van der Waals surface area (Å²) in [7, 11) is -1.14. The van der Waals surface area contributed by atoms with Crippen LogP contribution in [0.1, 0.15) is 12.5 Å². The topological polar surface area (TPSA) is 3.24 Å². The summed E-state index contributed by atoms with van der Waals surface area (Å²) < 4.78 is 0. The van der Waals surface area contributed by atoms with Crippen molar-refractivity contribution in [3.8, 4) is 0 Å². The summed E-state index contributed by atoms with van der Waals surface area (Å²) in [6, 6.07) is 9.45. The van der Waals surface area contributed by atoms with Crippen molar-refractivity contribution in [2.45, 2.75) is 33.0 Å². The van der Waals surface area contributed by atoms with E-state index in [1.54, 1.807) is 5.19 Å². The van der Waals surface area contributed by atoms with E-state index < -0.39 is 8.07 Å². The predicted octanol–water partition coefficient (Wildman–Crippen LogP) is 3.46. The molecule has 0 saturated carbocycles. The third kappa shape index (κ3) is 4.94. The van der Waals surface area contributed by atoms with Crippen LogP contribution in [0.2, 0.25) is 19.6 Å². The van der Waals surface area contributed by atoms with Crippen LogP contribution >= 0.6 is 11.8 Å². The van der Waals surface area contributed by atoms with Crippen LogP contribution < -0.4 is 5.19 Å². The van der Waals surface area contributed by atoms with Crippen molar-refractivity contribution in [3.63, 3.8) is 0 Å². The molecule has 1 saturated heterocycles. The van der Waals surface area contributed by atoms with Gasteiger partial charge >= 0.3 is 0 Å². The Morgan fingerprint density at radius 2 is 1.70 bits per heavy atom. The molecule has 1 aliphatic rings. The molecule has 0 aliphatic carbocycles. The first-order valence-electron chi connectivity index (χ1n) is 7.84. The van der Waals surface area contributed by atoms with E-state index in [2.05, 4.69) is 67.5 Å². The minimum Gasteiger partial charge on any atom is -0.301 e. The number of nitrogens with zero attached hydrogens (tertiary/aromatic N) is 1. The van der Waals surface area contributed by atoms with Gasteiger partial charge in [0, 0.05) is 31.1 Å². The Hall–Kier alpha value is -0.253. The van der Waals surface area contributed by atoms with Crippen molar-refractivity contribution in [1.29, 1.82) is 0 Å². The van der Waals surface area contributed by atoms with Gasteiger partial charge in [-0.25, -0.2) is 0 Å². The largest absolute Gasteiger partial charge is 0.301 e. The molecule has 0 radical (unpaired) electrons. The predicted molar refractivity (Wildman–Crippen MR) is 96.1 cm³/mol. The molecular formula is C17H29NSSi. The number of rotatable bonds is 5. The molecular weight excluding hydrogens is 278 g/mol. The maximum absolute atomic E-state index is 2.64. The van der Waals surface area contributed by atoms with Gasteiger partial charge in [0.1, 0.15) is 0 Å². The summed E-state index contributed by atoms with van der Waals surface area (Å²) in [5.41, 5.74) is 1.51. The van der Waals surface area contributed by atoms with E-state index >= 15 is 0 Å². The minimum atomic E-state index is -1.14. The fourth-order valence-corrected chi connectivity index (χ4v) is 4.98. The highest BCUT2D eigenvalue weighted by molar-refractivity contribution is 7.99. The van der Waals surface area contributed by atoms with Gasteiger partial charge in [0.15, 0.2) is 0 Å². The molecule has 0 spiro atoms. The Labute approximate surface area is 130 Å². The summed E-state index contributed by atoms with van der Waals surface area (Å²) in [6.45, 7) is 13.5. The van der Waals surface area contributed by atoms with Crippen LogP contribution in [0.5, 0.6) is 0 Å². The number of thioether (sulfide) groups is 1. The standard InChI is InChI=1S/C17H29NSSi/c1-15(14-18-9-11-19-12-10-18)13-16-5-7-17(8-6-16)20(2,3)4/h5-8,15H,9-14H2,1-4H3. The molecule has 1 heterocycles. The van der Waals surface area contributed by atoms with Crippen molar-refractivity contribution < 1.29 is 0 Å². The normalized spacial score (nSPS) is 19.0. The van der Waals surface area contributed by atoms with E-state index in [1.165, 1.54) is 43.1 Å². The van der Waals surface area contributed by atoms with E-state index in [1.807, 2.05) is 0 Å². The molecule has 1 aliphatic heterocycles. The van der Waals surface area contributed by atoms with Crippen LogP contribution in [-0.2, 0) is 6.42 Å². The Morgan fingerprint density at radius 3 is 2.25 bits per heavy atom. The molecule has 2 rings (SSSR count). The first kappa shape index (κ1) is 16.1. The van der Waals surface area contributed by atoms with Crippen LogP contribution in [0.4, 0.5) is 0 Å². The average molecular weight is 308 g/mol. The van der Waals surface area contributed by atoms with Gasteiger partial charge in [0.25, 0.3) is 0 Å². The molecule has 0 N–H and O–H groups in total. The van der Waals surface area contributed by atoms with Gasteiger partial charge in [-0.15, -0.1) is 0 Å². The lowest BCUT2D eigenvalue weighted by Gasteiger charge is -2.29. The second kappa shape index (κ2) is 7.14. The molecule has 1 fully saturated rings. The van der Waals surface area contributed by atoms with Crippen molar-refractivity contribution in [3.05, 3.63) is 29.8 Å². The maximum Gasteiger partial charge on any atom is 0.0775 e. The van der Waals surface area contributed by atoms with Gasteiger partial charge in [0.2, 0.25) is 0 Å². The Balaban J connectivity index is 1.86. The summed E-state index contributed by atoms with van der Waals surface area (Å²) in [6.07, 6.45) is 1.22. The first-order valence-corrected chi connectivity index (χ1v) is 12.5. The highest BCUT2D eigenvalue weighted by atomic mass is 32.2. The molecule has 3 heteroatoms. The molecule has 1 atom stereocenters. The van der Waals surface area contributed by atoms with Crippen molar-refractivity contribution in [2.24, 2.45) is 5.92 Å². The lowest BCUT2D eigenvalue weighted by atomic mass is 10.0. The summed E-state index contributed by atoms with van der Waals surface area (Å²) in [5.74, 6) is 3.39. The SMILES string of the molecule is CC(Cc1ccc([Si](C)(C)C)cc1)CN1CCSCC1. The second-order valence-electron chi connectivity index (χ2n) is 7.17. The fraction of sp³-hybridized carbons (Fsp3) is 0.647. The van der Waals surface area contributed by atoms with E-state index in [0.29, 0.717) is 0 Å². The van der Waals surface area contributed by atoms with E-state index in [4.69, 9.17) is 0 Å². The van der Waals surface area contributed by atoms with E-state index in [-0.39, 0.29) is 0 Å². The Kier molecular flexibility index (Phi) is 5.76. The van der Waals surface area contributed by atoms with Crippen LogP contribution in [0, 0.1) is 5.92 Å². The smallest absolute Gasteiger partial charge is 0.0775 e. The third-order valence-corrected chi connectivity index (χ3v) is 7.09. The average Bonchev–Trinajstić information content (AvgIpc) is 2.39. The highest BCUT2D eigenvalue weighted by Gasteiger charge is 2.17. The van der Waals surface area contributed by atoms with Gasteiger partial charge in [-0.1, -0.05) is 56.0 Å². The molecule has 112 valence electrons. The highest BCUT2D eigenvalue weighted by Crippen LogP contribution is 2.14. The van der Waals surface area contributed by atoms with Crippen LogP contribution in [0.3, 0.4) is 0 Å². The van der Waals surface area contributed by atoms with Crippen LogP contribution in [0.15, 0.2) is 24.3 Å². The van der Waals surface area contributed by atoms with Gasteiger partial charge in [0.05, 0.1) is 8.07 Å². The molecule has 1 nitrogen and oxygen atoms in total. The molecule has 20 heavy (non-hydrogen) atoms. The Bertz CT molecular complexity index is 404. The first-order chi connectivity index (χ1) is 9.45. The molecule has 0 amide bonds. The summed E-state index contributed by atoms with van der Waals surface area (Å²) >= 11 is 2.10. The van der Waals surface area contributed by atoms with Crippen molar-refractivity contribution in [2.75, 3.05) is 31.1 Å². The Morgan fingerprint density at radius 1 is 1.10 bits per heavy atom. The molecule has 0 bridgehead atoms. The lowest BCUT2D eigenvalue weighted by molar-refractivity contribution is 0.259. The zero-order valence-electron chi connectivity index (χ0n) is 13.5. The van der Waals surface area contributed by atoms with Crippen LogP contribution in [0.25, 0.3) is 0 Å². The van der Waals surface area contributed by atoms with E-state index in [0.717, 1.165) is 5.92 Å². The molecule has 0 aromatic heterocycles. The van der Waals surface area contributed by atoms with Gasteiger partial charge in [-0.3, -0.25) is 0 Å². The molecule has 1 aromatic carbocycles. The zero-order chi connectivity index (χ0) is 14.6. The molecule has 1 aromatic rings. The van der Waals surface area contributed by atoms with E-state index in [9.17, 15) is 0 Å². The van der Waals surface area contributed by atoms with Gasteiger partial charge in [-0.05, 0) is 17.9 Å². The van der Waals surface area contributed by atoms with Gasteiger partial charge in [-0.2, -0.15) is 11.8 Å². The number of hydrogen-bond donors (Lipinski definition) is 0. The number of hydrogen-bond acceptors (Lipinski definition) is 2. The second-order valence-corrected chi connectivity index (χ2v) is 13.5. The minimum absolute atomic E-state index is 0.760. The maximum atomic E-state index is 2.64. The monoisotopic (exact) mass is 307 g/mol.